The van der Waals surface area contributed by atoms with Gasteiger partial charge in [-0.15, -0.1) is 20.5 Å². The molecule has 0 amide bonds. The lowest BCUT2D eigenvalue weighted by atomic mass is 10.2. The van der Waals surface area contributed by atoms with E-state index in [-0.39, 0.29) is 44.5 Å². The molecule has 0 bridgehead atoms. The second-order valence-electron chi connectivity index (χ2n) is 8.29. The first-order valence-corrected chi connectivity index (χ1v) is 14.7. The van der Waals surface area contributed by atoms with E-state index in [0.717, 1.165) is 18.2 Å². The number of esters is 1. The third-order valence-corrected chi connectivity index (χ3v) is 8.26. The highest BCUT2D eigenvalue weighted by atomic mass is 32.2. The predicted molar refractivity (Wildman–Crippen MR) is 149 cm³/mol. The van der Waals surface area contributed by atoms with Gasteiger partial charge < -0.3 is 31.2 Å². The van der Waals surface area contributed by atoms with Crippen LogP contribution in [0.1, 0.15) is 15.9 Å². The minimum absolute atomic E-state index is 0.0292. The standard InChI is InChI=1S/C24H26N6O10S2/c1-39-18-10-16(13(12-32)9-19(18)41(34,35)8-7-31)28-30-23-21(25)17(11-20(22(23)26)42(36,37)38)29-27-15-6-4-3-5-14(15)24(33)40-2/h3-6,9-11,31-32H,7-8,12,25-26H2,1-2H3,(H,36,37,38)/b29-27+,30-28+. The molecule has 0 aliphatic rings. The van der Waals surface area contributed by atoms with Crippen LogP contribution in [0.3, 0.4) is 0 Å². The summed E-state index contributed by atoms with van der Waals surface area (Å²) in [5.74, 6) is -1.50. The van der Waals surface area contributed by atoms with Gasteiger partial charge in [0.15, 0.2) is 9.84 Å². The molecule has 0 unspecified atom stereocenters. The highest BCUT2D eigenvalue weighted by Gasteiger charge is 2.24. The van der Waals surface area contributed by atoms with Gasteiger partial charge in [0.2, 0.25) is 0 Å². The molecule has 0 saturated heterocycles. The number of azo groups is 2. The van der Waals surface area contributed by atoms with Gasteiger partial charge in [0.05, 0.1) is 55.8 Å². The quantitative estimate of drug-likeness (QED) is 0.0894. The van der Waals surface area contributed by atoms with Crippen LogP contribution in [0, 0.1) is 0 Å². The Bertz CT molecular complexity index is 1790. The van der Waals surface area contributed by atoms with Gasteiger partial charge in [-0.2, -0.15) is 8.42 Å². The van der Waals surface area contributed by atoms with E-state index in [2.05, 4.69) is 20.5 Å². The normalized spacial score (nSPS) is 12.2. The fourth-order valence-corrected chi connectivity index (χ4v) is 5.43. The lowest BCUT2D eigenvalue weighted by molar-refractivity contribution is 0.0601. The molecule has 224 valence electrons. The number of rotatable bonds is 11. The van der Waals surface area contributed by atoms with Crippen molar-refractivity contribution >= 4 is 60.0 Å². The number of aliphatic hydroxyl groups excluding tert-OH is 2. The van der Waals surface area contributed by atoms with Crippen molar-refractivity contribution in [2.24, 2.45) is 20.5 Å². The Balaban J connectivity index is 2.20. The topological polar surface area (TPSA) is 266 Å². The van der Waals surface area contributed by atoms with Crippen LogP contribution in [0.2, 0.25) is 0 Å². The summed E-state index contributed by atoms with van der Waals surface area (Å²) in [6.45, 7) is -1.35. The first-order chi connectivity index (χ1) is 19.8. The number of ether oxygens (including phenoxy) is 2. The zero-order valence-electron chi connectivity index (χ0n) is 22.1. The third-order valence-electron chi connectivity index (χ3n) is 5.66. The molecular formula is C24H26N6O10S2. The smallest absolute Gasteiger partial charge is 0.340 e. The Labute approximate surface area is 240 Å². The summed E-state index contributed by atoms with van der Waals surface area (Å²) in [7, 11) is -6.58. The van der Waals surface area contributed by atoms with Crippen molar-refractivity contribution in [1.82, 2.24) is 0 Å². The molecule has 18 heteroatoms. The summed E-state index contributed by atoms with van der Waals surface area (Å²) < 4.78 is 68.8. The number of anilines is 2. The van der Waals surface area contributed by atoms with Crippen LogP contribution in [0.25, 0.3) is 0 Å². The first-order valence-electron chi connectivity index (χ1n) is 11.6. The number of benzene rings is 3. The van der Waals surface area contributed by atoms with E-state index in [1.54, 1.807) is 12.1 Å². The zero-order valence-corrected chi connectivity index (χ0v) is 23.8. The average Bonchev–Trinajstić information content (AvgIpc) is 2.95. The lowest BCUT2D eigenvalue weighted by Gasteiger charge is -2.13. The minimum Gasteiger partial charge on any atom is -0.495 e. The zero-order chi connectivity index (χ0) is 31.2. The monoisotopic (exact) mass is 622 g/mol. The van der Waals surface area contributed by atoms with Crippen molar-refractivity contribution in [3.05, 3.63) is 53.6 Å². The lowest BCUT2D eigenvalue weighted by Crippen LogP contribution is -2.12. The van der Waals surface area contributed by atoms with Gasteiger partial charge in [0, 0.05) is 11.6 Å². The van der Waals surface area contributed by atoms with Gasteiger partial charge in [-0.3, -0.25) is 4.55 Å². The molecule has 42 heavy (non-hydrogen) atoms. The number of hydrogen-bond acceptors (Lipinski definition) is 15. The molecule has 3 rings (SSSR count). The number of hydrogen-bond donors (Lipinski definition) is 5. The van der Waals surface area contributed by atoms with Crippen molar-refractivity contribution in [2.75, 3.05) is 38.0 Å². The van der Waals surface area contributed by atoms with Crippen LogP contribution in [0.15, 0.2) is 72.7 Å². The molecule has 0 atom stereocenters. The van der Waals surface area contributed by atoms with E-state index in [4.69, 9.17) is 26.0 Å². The number of methoxy groups -OCH3 is 2. The molecule has 0 aliphatic heterocycles. The van der Waals surface area contributed by atoms with Crippen molar-refractivity contribution in [1.29, 1.82) is 0 Å². The Morgan fingerprint density at radius 1 is 0.857 bits per heavy atom. The number of carbonyl (C=O) groups excluding carboxylic acids is 1. The third kappa shape index (κ3) is 6.86. The summed E-state index contributed by atoms with van der Waals surface area (Å²) in [6, 6.07) is 9.03. The first kappa shape index (κ1) is 32.0. The molecule has 0 spiro atoms. The molecule has 0 saturated carbocycles. The molecule has 7 N–H and O–H groups in total. The Morgan fingerprint density at radius 3 is 2.10 bits per heavy atom. The fourth-order valence-electron chi connectivity index (χ4n) is 3.57. The highest BCUT2D eigenvalue weighted by Crippen LogP contribution is 2.44. The molecule has 0 aliphatic carbocycles. The maximum atomic E-state index is 12.5. The van der Waals surface area contributed by atoms with Gasteiger partial charge in [-0.05, 0) is 24.3 Å². The van der Waals surface area contributed by atoms with E-state index in [1.807, 2.05) is 0 Å². The SMILES string of the molecule is COC(=O)c1ccccc1/N=N/c1cc(S(=O)(=O)O)c(N)c(/N=N/c2cc(OC)c(S(=O)(=O)CCO)cc2CO)c1N. The van der Waals surface area contributed by atoms with Gasteiger partial charge >= 0.3 is 5.97 Å². The van der Waals surface area contributed by atoms with Gasteiger partial charge in [-0.1, -0.05) is 12.1 Å². The number of sulfone groups is 1. The van der Waals surface area contributed by atoms with Gasteiger partial charge in [-0.25, -0.2) is 13.2 Å². The maximum Gasteiger partial charge on any atom is 0.340 e. The maximum absolute atomic E-state index is 12.5. The van der Waals surface area contributed by atoms with E-state index in [0.29, 0.717) is 0 Å². The number of nitrogens with zero attached hydrogens (tertiary/aromatic N) is 4. The second kappa shape index (κ2) is 13.0. The number of nitrogens with two attached hydrogens (primary N) is 2. The number of nitrogen functional groups attached to an aromatic ring is 2. The second-order valence-corrected chi connectivity index (χ2v) is 11.8. The van der Waals surface area contributed by atoms with Crippen LogP contribution < -0.4 is 16.2 Å². The molecule has 3 aromatic carbocycles. The van der Waals surface area contributed by atoms with Crippen LogP contribution in [-0.4, -0.2) is 64.2 Å². The Morgan fingerprint density at radius 2 is 1.50 bits per heavy atom. The van der Waals surface area contributed by atoms with Crippen LogP contribution >= 0.6 is 0 Å². The Kier molecular flexibility index (Phi) is 9.91. The summed E-state index contributed by atoms with van der Waals surface area (Å²) in [5.41, 5.74) is 10.3. The van der Waals surface area contributed by atoms with E-state index >= 15 is 0 Å². The van der Waals surface area contributed by atoms with Crippen LogP contribution in [0.5, 0.6) is 5.75 Å². The average molecular weight is 623 g/mol. The molecular weight excluding hydrogens is 596 g/mol. The van der Waals surface area contributed by atoms with Crippen molar-refractivity contribution in [3.63, 3.8) is 0 Å². The van der Waals surface area contributed by atoms with Crippen LogP contribution in [-0.2, 0) is 31.3 Å². The number of aliphatic hydroxyl groups is 2. The number of carbonyl (C=O) groups is 1. The fraction of sp³-hybridized carbons (Fsp3) is 0.208. The van der Waals surface area contributed by atoms with Crippen molar-refractivity contribution < 1.29 is 45.9 Å². The molecule has 0 heterocycles. The minimum atomic E-state index is -4.94. The van der Waals surface area contributed by atoms with E-state index in [1.165, 1.54) is 26.4 Å². The summed E-state index contributed by atoms with van der Waals surface area (Å²) in [4.78, 5) is 10.9. The largest absolute Gasteiger partial charge is 0.495 e. The molecule has 16 nitrogen and oxygen atoms in total. The van der Waals surface area contributed by atoms with Crippen molar-refractivity contribution in [3.8, 4) is 5.75 Å². The summed E-state index contributed by atoms with van der Waals surface area (Å²) in [5, 5.41) is 34.7. The molecule has 0 aromatic heterocycles. The van der Waals surface area contributed by atoms with E-state index in [9.17, 15) is 31.3 Å². The van der Waals surface area contributed by atoms with Gasteiger partial charge in [0.25, 0.3) is 10.1 Å². The van der Waals surface area contributed by atoms with E-state index < -0.39 is 61.2 Å². The molecule has 3 aromatic rings. The van der Waals surface area contributed by atoms with Gasteiger partial charge in [0.1, 0.15) is 32.6 Å². The van der Waals surface area contributed by atoms with Crippen LogP contribution in [0.4, 0.5) is 34.1 Å². The molecule has 0 fully saturated rings. The highest BCUT2D eigenvalue weighted by molar-refractivity contribution is 7.91. The predicted octanol–water partition coefficient (Wildman–Crippen LogP) is 2.98. The van der Waals surface area contributed by atoms with Crippen molar-refractivity contribution in [2.45, 2.75) is 16.4 Å². The Hall–Kier alpha value is -4.49. The molecule has 0 radical (unpaired) electrons. The summed E-state index contributed by atoms with van der Waals surface area (Å²) in [6.07, 6.45) is 0. The summed E-state index contributed by atoms with van der Waals surface area (Å²) >= 11 is 0.